The third-order valence-corrected chi connectivity index (χ3v) is 3.20. The predicted molar refractivity (Wildman–Crippen MR) is 66.9 cm³/mol. The van der Waals surface area contributed by atoms with Crippen LogP contribution in [0, 0.1) is 5.82 Å². The van der Waals surface area contributed by atoms with Crippen molar-refractivity contribution in [2.75, 3.05) is 19.8 Å². The highest BCUT2D eigenvalue weighted by Crippen LogP contribution is 2.13. The number of carbonyl (C=O) groups excluding carboxylic acids is 1. The van der Waals surface area contributed by atoms with Crippen LogP contribution in [0.2, 0.25) is 0 Å². The molecule has 0 radical (unpaired) electrons. The summed E-state index contributed by atoms with van der Waals surface area (Å²) >= 11 is 0. The molecule has 1 amide bonds. The van der Waals surface area contributed by atoms with Gasteiger partial charge in [-0.3, -0.25) is 4.79 Å². The molecule has 1 aromatic carbocycles. The number of rotatable bonds is 7. The summed E-state index contributed by atoms with van der Waals surface area (Å²) in [6.45, 7) is -1.09. The zero-order valence-electron chi connectivity index (χ0n) is 10.7. The van der Waals surface area contributed by atoms with Gasteiger partial charge in [0.1, 0.15) is 12.4 Å². The average molecular weight is 326 g/mol. The van der Waals surface area contributed by atoms with Crippen molar-refractivity contribution in [2.24, 2.45) is 5.14 Å². The molecule has 3 N–H and O–H groups in total. The Morgan fingerprint density at radius 3 is 2.62 bits per heavy atom. The summed E-state index contributed by atoms with van der Waals surface area (Å²) in [5.41, 5.74) is -0.518. The van der Waals surface area contributed by atoms with Crippen molar-refractivity contribution < 1.29 is 31.1 Å². The minimum Gasteiger partial charge on any atom is -0.374 e. The Morgan fingerprint density at radius 1 is 1.38 bits per heavy atom. The van der Waals surface area contributed by atoms with Gasteiger partial charge in [-0.25, -0.2) is 26.7 Å². The molecule has 0 saturated carbocycles. The maximum absolute atomic E-state index is 13.5. The highest BCUT2D eigenvalue weighted by atomic mass is 32.2. The fourth-order valence-electron chi connectivity index (χ4n) is 1.36. The summed E-state index contributed by atoms with van der Waals surface area (Å²) < 4.78 is 63.7. The lowest BCUT2D eigenvalue weighted by Gasteiger charge is -2.08. The fraction of sp³-hybridized carbons (Fsp3) is 0.364. The predicted octanol–water partition coefficient (Wildman–Crippen LogP) is 0.485. The SMILES string of the molecule is NS(=O)(=O)c1ccc(F)c(C(=O)NCCOCC(F)F)c1. The first-order valence-electron chi connectivity index (χ1n) is 5.68. The first-order valence-corrected chi connectivity index (χ1v) is 7.23. The van der Waals surface area contributed by atoms with E-state index in [2.05, 4.69) is 10.1 Å². The van der Waals surface area contributed by atoms with Crippen LogP contribution in [-0.4, -0.2) is 40.5 Å². The zero-order valence-corrected chi connectivity index (χ0v) is 11.5. The van der Waals surface area contributed by atoms with Crippen LogP contribution in [0.15, 0.2) is 23.1 Å². The highest BCUT2D eigenvalue weighted by Gasteiger charge is 2.16. The van der Waals surface area contributed by atoms with E-state index in [0.29, 0.717) is 0 Å². The van der Waals surface area contributed by atoms with E-state index >= 15 is 0 Å². The number of ether oxygens (including phenoxy) is 1. The van der Waals surface area contributed by atoms with E-state index in [0.717, 1.165) is 18.2 Å². The van der Waals surface area contributed by atoms with Gasteiger partial charge in [0.2, 0.25) is 10.0 Å². The zero-order chi connectivity index (χ0) is 16.0. The molecular weight excluding hydrogens is 313 g/mol. The molecule has 0 bridgehead atoms. The number of primary sulfonamides is 1. The first-order chi connectivity index (χ1) is 9.71. The smallest absolute Gasteiger partial charge is 0.261 e. The Balaban J connectivity index is 2.66. The lowest BCUT2D eigenvalue weighted by atomic mass is 10.2. The van der Waals surface area contributed by atoms with Crippen molar-refractivity contribution in [1.82, 2.24) is 5.32 Å². The summed E-state index contributed by atoms with van der Waals surface area (Å²) in [6, 6.07) is 2.51. The normalized spacial score (nSPS) is 11.7. The number of hydrogen-bond acceptors (Lipinski definition) is 4. The number of hydrogen-bond donors (Lipinski definition) is 2. The monoisotopic (exact) mass is 326 g/mol. The molecule has 118 valence electrons. The number of alkyl halides is 2. The van der Waals surface area contributed by atoms with Crippen LogP contribution in [0.4, 0.5) is 13.2 Å². The molecule has 21 heavy (non-hydrogen) atoms. The van der Waals surface area contributed by atoms with Crippen molar-refractivity contribution in [3.8, 4) is 0 Å². The van der Waals surface area contributed by atoms with Crippen molar-refractivity contribution in [2.45, 2.75) is 11.3 Å². The van der Waals surface area contributed by atoms with Crippen LogP contribution in [0.3, 0.4) is 0 Å². The molecule has 0 unspecified atom stereocenters. The quantitative estimate of drug-likeness (QED) is 0.712. The molecule has 0 aromatic heterocycles. The van der Waals surface area contributed by atoms with Gasteiger partial charge in [-0.15, -0.1) is 0 Å². The molecule has 6 nitrogen and oxygen atoms in total. The van der Waals surface area contributed by atoms with Gasteiger partial charge >= 0.3 is 0 Å². The van der Waals surface area contributed by atoms with Gasteiger partial charge in [0.05, 0.1) is 17.1 Å². The summed E-state index contributed by atoms with van der Waals surface area (Å²) in [5.74, 6) is -1.84. The van der Waals surface area contributed by atoms with E-state index in [4.69, 9.17) is 5.14 Å². The first kappa shape index (κ1) is 17.4. The summed E-state index contributed by atoms with van der Waals surface area (Å²) in [6.07, 6.45) is -2.62. The second kappa shape index (κ2) is 7.38. The number of carbonyl (C=O) groups is 1. The number of nitrogens with one attached hydrogen (secondary N) is 1. The molecule has 1 aromatic rings. The topological polar surface area (TPSA) is 98.5 Å². The van der Waals surface area contributed by atoms with E-state index in [1.807, 2.05) is 0 Å². The third-order valence-electron chi connectivity index (χ3n) is 2.29. The van der Waals surface area contributed by atoms with Crippen LogP contribution in [0.1, 0.15) is 10.4 Å². The molecule has 0 atom stereocenters. The van der Waals surface area contributed by atoms with Crippen LogP contribution in [-0.2, 0) is 14.8 Å². The van der Waals surface area contributed by atoms with Gasteiger partial charge in [0, 0.05) is 6.54 Å². The Labute approximate surface area is 119 Å². The number of nitrogens with two attached hydrogens (primary N) is 1. The third kappa shape index (κ3) is 5.69. The summed E-state index contributed by atoms with van der Waals surface area (Å²) in [5, 5.41) is 7.08. The fourth-order valence-corrected chi connectivity index (χ4v) is 1.90. The van der Waals surface area contributed by atoms with Gasteiger partial charge in [-0.2, -0.15) is 0 Å². The highest BCUT2D eigenvalue weighted by molar-refractivity contribution is 7.89. The Kier molecular flexibility index (Phi) is 6.12. The van der Waals surface area contributed by atoms with Gasteiger partial charge < -0.3 is 10.1 Å². The van der Waals surface area contributed by atoms with E-state index in [1.54, 1.807) is 0 Å². The Morgan fingerprint density at radius 2 is 2.05 bits per heavy atom. The lowest BCUT2D eigenvalue weighted by Crippen LogP contribution is -2.29. The molecule has 0 aliphatic heterocycles. The van der Waals surface area contributed by atoms with Gasteiger partial charge in [-0.1, -0.05) is 0 Å². The largest absolute Gasteiger partial charge is 0.374 e. The number of halogens is 3. The van der Waals surface area contributed by atoms with Crippen molar-refractivity contribution in [3.63, 3.8) is 0 Å². The van der Waals surface area contributed by atoms with Crippen molar-refractivity contribution in [3.05, 3.63) is 29.6 Å². The average Bonchev–Trinajstić information content (AvgIpc) is 2.36. The second-order valence-electron chi connectivity index (χ2n) is 3.91. The molecule has 0 aliphatic carbocycles. The van der Waals surface area contributed by atoms with Crippen LogP contribution < -0.4 is 10.5 Å². The molecule has 0 aliphatic rings. The number of benzene rings is 1. The molecule has 0 saturated heterocycles. The summed E-state index contributed by atoms with van der Waals surface area (Å²) in [4.78, 5) is 11.2. The van der Waals surface area contributed by atoms with Gasteiger partial charge in [-0.05, 0) is 18.2 Å². The van der Waals surface area contributed by atoms with Crippen LogP contribution in [0.25, 0.3) is 0 Å². The van der Waals surface area contributed by atoms with Crippen LogP contribution in [0.5, 0.6) is 0 Å². The summed E-state index contributed by atoms with van der Waals surface area (Å²) in [7, 11) is -4.07. The van der Waals surface area contributed by atoms with Gasteiger partial charge in [0.25, 0.3) is 12.3 Å². The van der Waals surface area contributed by atoms with Gasteiger partial charge in [0.15, 0.2) is 0 Å². The van der Waals surface area contributed by atoms with Crippen molar-refractivity contribution >= 4 is 15.9 Å². The minimum atomic E-state index is -4.07. The molecule has 0 heterocycles. The molecule has 1 rings (SSSR count). The maximum atomic E-state index is 13.5. The Hall–Kier alpha value is -1.65. The number of sulfonamides is 1. The Bertz CT molecular complexity index is 607. The van der Waals surface area contributed by atoms with Crippen molar-refractivity contribution in [1.29, 1.82) is 0 Å². The number of amides is 1. The lowest BCUT2D eigenvalue weighted by molar-refractivity contribution is 0.0188. The second-order valence-corrected chi connectivity index (χ2v) is 5.47. The van der Waals surface area contributed by atoms with E-state index in [-0.39, 0.29) is 13.2 Å². The molecule has 0 spiro atoms. The van der Waals surface area contributed by atoms with Crippen LogP contribution >= 0.6 is 0 Å². The van der Waals surface area contributed by atoms with E-state index in [1.165, 1.54) is 0 Å². The minimum absolute atomic E-state index is 0.134. The molecular formula is C11H13F3N2O4S. The van der Waals surface area contributed by atoms with E-state index in [9.17, 15) is 26.4 Å². The molecule has 0 fully saturated rings. The standard InChI is InChI=1S/C11H13F3N2O4S/c12-9-2-1-7(21(15,18)19)5-8(9)11(17)16-3-4-20-6-10(13)14/h1-2,5,10H,3-4,6H2,(H,16,17)(H2,15,18,19). The van der Waals surface area contributed by atoms with E-state index < -0.39 is 45.2 Å². The molecule has 10 heteroatoms. The maximum Gasteiger partial charge on any atom is 0.261 e.